The molecule has 2 unspecified atom stereocenters. The fourth-order valence-corrected chi connectivity index (χ4v) is 9.33. The summed E-state index contributed by atoms with van der Waals surface area (Å²) in [7, 11) is 3.15. The number of ether oxygens (including phenoxy) is 1. The molecule has 2 aromatic carbocycles. The lowest BCUT2D eigenvalue weighted by Crippen LogP contribution is -2.58. The molecule has 8 amide bonds. The quantitative estimate of drug-likeness (QED) is 0.110. The van der Waals surface area contributed by atoms with E-state index in [-0.39, 0.29) is 91.0 Å². The molecular weight excluding hydrogens is 798 g/mol. The van der Waals surface area contributed by atoms with E-state index in [1.807, 2.05) is 28.0 Å². The van der Waals surface area contributed by atoms with Crippen LogP contribution in [0.3, 0.4) is 0 Å². The van der Waals surface area contributed by atoms with E-state index in [1.165, 1.54) is 18.2 Å². The second kappa shape index (κ2) is 17.3. The van der Waals surface area contributed by atoms with Gasteiger partial charge in [-0.15, -0.1) is 13.2 Å². The number of piperidine rings is 2. The minimum atomic E-state index is -4.85. The second-order valence-corrected chi connectivity index (χ2v) is 16.7. The fraction of sp³-hybridized carbons (Fsp3) is 0.524. The van der Waals surface area contributed by atoms with Crippen molar-refractivity contribution in [3.05, 3.63) is 65.5 Å². The number of halogens is 3. The van der Waals surface area contributed by atoms with Crippen molar-refractivity contribution in [1.29, 1.82) is 0 Å². The van der Waals surface area contributed by atoms with Crippen molar-refractivity contribution in [2.45, 2.75) is 88.1 Å². The van der Waals surface area contributed by atoms with Crippen LogP contribution < -0.4 is 26.0 Å². The predicted molar refractivity (Wildman–Crippen MR) is 220 cm³/mol. The molecule has 8 rings (SSSR count). The third-order valence-electron chi connectivity index (χ3n) is 12.4. The van der Waals surface area contributed by atoms with Crippen LogP contribution in [0, 0.1) is 5.92 Å². The first kappa shape index (κ1) is 41.9. The minimum absolute atomic E-state index is 0.0263. The van der Waals surface area contributed by atoms with Gasteiger partial charge in [0.05, 0.1) is 25.2 Å². The Bertz CT molecular complexity index is 2260. The van der Waals surface area contributed by atoms with E-state index in [0.29, 0.717) is 63.1 Å². The third kappa shape index (κ3) is 9.40. The van der Waals surface area contributed by atoms with E-state index < -0.39 is 6.36 Å². The van der Waals surface area contributed by atoms with E-state index in [0.717, 1.165) is 35.0 Å². The molecule has 19 heteroatoms. The fourth-order valence-electron chi connectivity index (χ4n) is 9.33. The maximum atomic E-state index is 14.2. The van der Waals surface area contributed by atoms with Crippen molar-refractivity contribution in [3.63, 3.8) is 0 Å². The van der Waals surface area contributed by atoms with Gasteiger partial charge in [0, 0.05) is 98.6 Å². The first-order chi connectivity index (χ1) is 29.3. The van der Waals surface area contributed by atoms with Gasteiger partial charge in [-0.2, -0.15) is 0 Å². The Morgan fingerprint density at radius 1 is 0.803 bits per heavy atom. The molecule has 0 bridgehead atoms. The highest BCUT2D eigenvalue weighted by Crippen LogP contribution is 2.47. The van der Waals surface area contributed by atoms with E-state index >= 15 is 0 Å². The molecule has 0 radical (unpaired) electrons. The monoisotopic (exact) mass is 850 g/mol. The largest absolute Gasteiger partial charge is 0.573 e. The second-order valence-electron chi connectivity index (χ2n) is 16.7. The summed E-state index contributed by atoms with van der Waals surface area (Å²) in [5.41, 5.74) is 3.71. The Morgan fingerprint density at radius 3 is 2.20 bits per heavy atom. The van der Waals surface area contributed by atoms with Gasteiger partial charge in [-0.25, -0.2) is 19.2 Å². The van der Waals surface area contributed by atoms with Crippen molar-refractivity contribution in [2.75, 3.05) is 46.9 Å². The van der Waals surface area contributed by atoms with E-state index in [9.17, 15) is 37.5 Å². The molecule has 7 N–H and O–H groups in total. The number of hydrogen-bond donors (Lipinski definition) is 7. The molecule has 0 spiro atoms. The number of H-pyrrole nitrogens is 2. The summed E-state index contributed by atoms with van der Waals surface area (Å²) in [6.07, 6.45) is -0.318. The predicted octanol–water partition coefficient (Wildman–Crippen LogP) is 5.12. The maximum Gasteiger partial charge on any atom is 0.573 e. The maximum absolute atomic E-state index is 14.2. The summed E-state index contributed by atoms with van der Waals surface area (Å²) in [4.78, 5) is 66.6. The van der Waals surface area contributed by atoms with Gasteiger partial charge in [0.25, 0.3) is 0 Å². The van der Waals surface area contributed by atoms with Crippen LogP contribution in [-0.4, -0.2) is 136 Å². The molecule has 4 heterocycles. The highest BCUT2D eigenvalue weighted by molar-refractivity contribution is 5.87. The van der Waals surface area contributed by atoms with Gasteiger partial charge in [-0.3, -0.25) is 0 Å². The van der Waals surface area contributed by atoms with Crippen LogP contribution in [-0.2, 0) is 13.1 Å². The number of aliphatic hydroxyl groups excluding tert-OH is 1. The van der Waals surface area contributed by atoms with Gasteiger partial charge in [0.15, 0.2) is 0 Å². The molecule has 2 aliphatic heterocycles. The summed E-state index contributed by atoms with van der Waals surface area (Å²) < 4.78 is 43.4. The topological polar surface area (TPSA) is 190 Å². The molecule has 4 fully saturated rings. The number of aromatic nitrogens is 2. The number of nitrogens with one attached hydrogen (secondary N) is 6. The Balaban J connectivity index is 0.947. The zero-order valence-corrected chi connectivity index (χ0v) is 34.2. The van der Waals surface area contributed by atoms with Crippen LogP contribution in [0.5, 0.6) is 5.75 Å². The third-order valence-corrected chi connectivity index (χ3v) is 12.4. The first-order valence-electron chi connectivity index (χ1n) is 21.0. The molecule has 4 aromatic rings. The highest BCUT2D eigenvalue weighted by Gasteiger charge is 2.48. The zero-order valence-electron chi connectivity index (χ0n) is 34.2. The number of likely N-dealkylation sites (tertiary alicyclic amines) is 2. The molecule has 5 atom stereocenters. The Morgan fingerprint density at radius 2 is 1.49 bits per heavy atom. The zero-order chi connectivity index (χ0) is 43.0. The number of urea groups is 4. The van der Waals surface area contributed by atoms with Crippen molar-refractivity contribution in [1.82, 2.24) is 50.8 Å². The number of fused-ring (bicyclic) bond motifs is 2. The summed E-state index contributed by atoms with van der Waals surface area (Å²) >= 11 is 0. The van der Waals surface area contributed by atoms with Gasteiger partial charge >= 0.3 is 30.5 Å². The lowest BCUT2D eigenvalue weighted by molar-refractivity contribution is -0.274. The number of hydrogen-bond acceptors (Lipinski definition) is 6. The van der Waals surface area contributed by atoms with E-state index in [2.05, 4.69) is 42.0 Å². The number of rotatable bonds is 11. The molecule has 2 saturated carbocycles. The smallest absolute Gasteiger partial charge is 0.405 e. The SMILES string of the molecule is CNC(=O)N1C[C@@H](CO)C[C@@H](N(C(=O)NCc2cc3cc(C4CC4N(C(=O)NCc4cc5c(OC(F)(F)F)cccc5[nH]4)[C@@H]4CCCN(C(=O)NC)C4)ccc3[nH]2)C2CC2)C1. The average Bonchev–Trinajstić information content (AvgIpc) is 4.16. The Kier molecular flexibility index (Phi) is 11.8. The van der Waals surface area contributed by atoms with Crippen molar-refractivity contribution >= 4 is 45.9 Å². The number of aromatic amines is 2. The molecule has 2 aromatic heterocycles. The number of carbonyl (C=O) groups excluding carboxylic acids is 4. The van der Waals surface area contributed by atoms with E-state index in [4.69, 9.17) is 0 Å². The minimum Gasteiger partial charge on any atom is -0.405 e. The van der Waals surface area contributed by atoms with Gasteiger partial charge in [-0.1, -0.05) is 12.1 Å². The molecule has 2 saturated heterocycles. The Labute approximate surface area is 350 Å². The van der Waals surface area contributed by atoms with Crippen LogP contribution in [0.1, 0.15) is 61.4 Å². The van der Waals surface area contributed by atoms with Gasteiger partial charge in [0.1, 0.15) is 5.75 Å². The molecule has 4 aliphatic rings. The van der Waals surface area contributed by atoms with E-state index in [1.54, 1.807) is 30.0 Å². The number of alkyl halides is 3. The van der Waals surface area contributed by atoms with Crippen molar-refractivity contribution in [2.24, 2.45) is 5.92 Å². The summed E-state index contributed by atoms with van der Waals surface area (Å²) in [6, 6.07) is 12.5. The molecule has 61 heavy (non-hydrogen) atoms. The molecule has 328 valence electrons. The number of aliphatic hydroxyl groups is 1. The van der Waals surface area contributed by atoms with Crippen molar-refractivity contribution < 1.29 is 42.2 Å². The normalized spacial score (nSPS) is 22.8. The van der Waals surface area contributed by atoms with Gasteiger partial charge in [-0.05, 0) is 85.9 Å². The van der Waals surface area contributed by atoms with Crippen LogP contribution in [0.4, 0.5) is 32.3 Å². The number of carbonyl (C=O) groups is 4. The van der Waals surface area contributed by atoms with Crippen LogP contribution in [0.15, 0.2) is 48.5 Å². The highest BCUT2D eigenvalue weighted by atomic mass is 19.4. The summed E-state index contributed by atoms with van der Waals surface area (Å²) in [6.45, 7) is 2.01. The molecular formula is C42H53F3N10O6. The van der Waals surface area contributed by atoms with Crippen LogP contribution in [0.2, 0.25) is 0 Å². The molecule has 2 aliphatic carbocycles. The van der Waals surface area contributed by atoms with Crippen LogP contribution in [0.25, 0.3) is 21.8 Å². The lowest BCUT2D eigenvalue weighted by Gasteiger charge is -2.42. The first-order valence-corrected chi connectivity index (χ1v) is 21.0. The summed E-state index contributed by atoms with van der Waals surface area (Å²) in [5.74, 6) is -0.426. The van der Waals surface area contributed by atoms with Crippen molar-refractivity contribution in [3.8, 4) is 5.75 Å². The number of nitrogens with zero attached hydrogens (tertiary/aromatic N) is 4. The number of amides is 8. The van der Waals surface area contributed by atoms with Gasteiger partial charge in [0.2, 0.25) is 0 Å². The number of benzene rings is 2. The summed E-state index contributed by atoms with van der Waals surface area (Å²) in [5, 5.41) is 22.6. The average molecular weight is 851 g/mol. The van der Waals surface area contributed by atoms with Gasteiger partial charge < -0.3 is 60.7 Å². The molecule has 16 nitrogen and oxygen atoms in total. The van der Waals surface area contributed by atoms with Crippen LogP contribution >= 0.6 is 0 Å². The Hall–Kier alpha value is -5.85. The lowest BCUT2D eigenvalue weighted by atomic mass is 9.94. The standard InChI is InChI=1S/C42H53F3N10O6/c1-46-38(57)52-12-4-5-30(21-52)55(41(60)49-19-28-16-33-35(51-28)6-3-7-37(33)61-42(43,44)45)36-17-32(36)25-8-11-34-26(14-25)15-27(50-34)18-48-40(59)54(29-9-10-29)31-13-24(23-56)20-53(22-31)39(58)47-2/h3,6-8,11,14-16,24,29-32,36,50-51,56H,4-5,9-10,12-13,17-23H2,1-2H3,(H,46,57)(H,47,58)(H,48,59)(H,49,60)/t24-,30+,31+,32?,36?/m0/s1.